The summed E-state index contributed by atoms with van der Waals surface area (Å²) in [7, 11) is 0. The van der Waals surface area contributed by atoms with Crippen LogP contribution in [0.4, 0.5) is 11.4 Å². The Balaban J connectivity index is 2.10. The Labute approximate surface area is 125 Å². The highest BCUT2D eigenvalue weighted by atomic mass is 16.6. The number of nitro benzene ring substituents is 1. The summed E-state index contributed by atoms with van der Waals surface area (Å²) >= 11 is 0. The summed E-state index contributed by atoms with van der Waals surface area (Å²) in [6, 6.07) is 5.31. The van der Waals surface area contributed by atoms with Gasteiger partial charge in [-0.2, -0.15) is 0 Å². The molecule has 1 saturated heterocycles. The van der Waals surface area contributed by atoms with Gasteiger partial charge in [-0.05, 0) is 51.9 Å². The Kier molecular flexibility index (Phi) is 5.38. The van der Waals surface area contributed by atoms with Crippen LogP contribution >= 0.6 is 0 Å². The van der Waals surface area contributed by atoms with Crippen molar-refractivity contribution in [3.05, 3.63) is 28.3 Å². The maximum absolute atomic E-state index is 11.3. The monoisotopic (exact) mass is 293 g/mol. The molecule has 1 N–H and O–H groups in total. The van der Waals surface area contributed by atoms with Crippen molar-refractivity contribution in [3.8, 4) is 5.75 Å². The molecule has 1 fully saturated rings. The summed E-state index contributed by atoms with van der Waals surface area (Å²) in [6.45, 7) is 7.42. The van der Waals surface area contributed by atoms with E-state index in [0.29, 0.717) is 18.0 Å². The first-order valence-corrected chi connectivity index (χ1v) is 7.51. The van der Waals surface area contributed by atoms with Crippen molar-refractivity contribution in [1.82, 2.24) is 4.90 Å². The second-order valence-corrected chi connectivity index (χ2v) is 5.40. The molecule has 0 aliphatic carbocycles. The van der Waals surface area contributed by atoms with E-state index < -0.39 is 0 Å². The number of likely N-dealkylation sites (tertiary alicyclic amines) is 1. The number of ether oxygens (including phenoxy) is 1. The van der Waals surface area contributed by atoms with Gasteiger partial charge >= 0.3 is 5.69 Å². The molecule has 1 atom stereocenters. The average molecular weight is 293 g/mol. The van der Waals surface area contributed by atoms with Crippen LogP contribution in [0.5, 0.6) is 5.75 Å². The van der Waals surface area contributed by atoms with Crippen LogP contribution in [0, 0.1) is 10.1 Å². The summed E-state index contributed by atoms with van der Waals surface area (Å²) < 4.78 is 5.36. The van der Waals surface area contributed by atoms with E-state index in [4.69, 9.17) is 4.74 Å². The van der Waals surface area contributed by atoms with Crippen LogP contribution in [0.3, 0.4) is 0 Å². The second kappa shape index (κ2) is 7.26. The lowest BCUT2D eigenvalue weighted by Gasteiger charge is -2.22. The fourth-order valence-corrected chi connectivity index (χ4v) is 2.76. The quantitative estimate of drug-likeness (QED) is 0.618. The van der Waals surface area contributed by atoms with Crippen molar-refractivity contribution >= 4 is 11.4 Å². The lowest BCUT2D eigenvalue weighted by molar-refractivity contribution is -0.385. The maximum Gasteiger partial charge on any atom is 0.333 e. The molecule has 0 bridgehead atoms. The van der Waals surface area contributed by atoms with Crippen LogP contribution in [0.1, 0.15) is 26.7 Å². The summed E-state index contributed by atoms with van der Waals surface area (Å²) in [5.74, 6) is 0.320. The average Bonchev–Trinajstić information content (AvgIpc) is 2.91. The highest BCUT2D eigenvalue weighted by Gasteiger charge is 2.23. The minimum Gasteiger partial charge on any atom is -0.487 e. The topological polar surface area (TPSA) is 67.6 Å². The molecule has 21 heavy (non-hydrogen) atoms. The molecular weight excluding hydrogens is 270 g/mol. The van der Waals surface area contributed by atoms with Gasteiger partial charge in [0.2, 0.25) is 0 Å². The van der Waals surface area contributed by atoms with E-state index in [-0.39, 0.29) is 16.7 Å². The molecule has 1 unspecified atom stereocenters. The molecular formula is C15H23N3O3. The standard InChI is InChI=1S/C15H23N3O3/c1-3-21-14-8-6-7-13(15(14)18(19)20)16-12(2)11-17-9-4-5-10-17/h6-8,12,16H,3-5,9-11H2,1-2H3. The van der Waals surface area contributed by atoms with Gasteiger partial charge in [0.15, 0.2) is 5.75 Å². The molecule has 0 amide bonds. The minimum atomic E-state index is -0.379. The Bertz CT molecular complexity index is 487. The van der Waals surface area contributed by atoms with Crippen molar-refractivity contribution in [2.45, 2.75) is 32.7 Å². The Morgan fingerprint density at radius 2 is 2.14 bits per heavy atom. The summed E-state index contributed by atoms with van der Waals surface area (Å²) in [5.41, 5.74) is 0.547. The molecule has 6 heteroatoms. The van der Waals surface area contributed by atoms with Gasteiger partial charge in [-0.1, -0.05) is 6.07 Å². The number of nitro groups is 1. The molecule has 2 rings (SSSR count). The highest BCUT2D eigenvalue weighted by Crippen LogP contribution is 2.35. The molecule has 0 aromatic heterocycles. The largest absolute Gasteiger partial charge is 0.487 e. The Morgan fingerprint density at radius 3 is 2.76 bits per heavy atom. The summed E-state index contributed by atoms with van der Waals surface area (Å²) in [6.07, 6.45) is 2.49. The predicted molar refractivity (Wildman–Crippen MR) is 83.0 cm³/mol. The molecule has 0 spiro atoms. The summed E-state index contributed by atoms with van der Waals surface area (Å²) in [4.78, 5) is 13.3. The minimum absolute atomic E-state index is 0.0209. The second-order valence-electron chi connectivity index (χ2n) is 5.40. The molecule has 1 aliphatic heterocycles. The molecule has 1 aromatic carbocycles. The lowest BCUT2D eigenvalue weighted by Crippen LogP contribution is -2.33. The van der Waals surface area contributed by atoms with Gasteiger partial charge in [-0.15, -0.1) is 0 Å². The van der Waals surface area contributed by atoms with Crippen molar-refractivity contribution < 1.29 is 9.66 Å². The van der Waals surface area contributed by atoms with Crippen LogP contribution in [-0.4, -0.2) is 42.1 Å². The van der Waals surface area contributed by atoms with E-state index in [0.717, 1.165) is 19.6 Å². The van der Waals surface area contributed by atoms with Gasteiger partial charge in [0.1, 0.15) is 5.69 Å². The number of para-hydroxylation sites is 1. The fourth-order valence-electron chi connectivity index (χ4n) is 2.76. The van der Waals surface area contributed by atoms with Gasteiger partial charge < -0.3 is 15.0 Å². The predicted octanol–water partition coefficient (Wildman–Crippen LogP) is 2.89. The molecule has 0 saturated carbocycles. The highest BCUT2D eigenvalue weighted by molar-refractivity contribution is 5.68. The van der Waals surface area contributed by atoms with E-state index in [1.165, 1.54) is 12.8 Å². The molecule has 6 nitrogen and oxygen atoms in total. The third-order valence-corrected chi connectivity index (χ3v) is 3.61. The first kappa shape index (κ1) is 15.6. The number of hydrogen-bond donors (Lipinski definition) is 1. The zero-order chi connectivity index (χ0) is 15.2. The molecule has 1 aliphatic rings. The Morgan fingerprint density at radius 1 is 1.43 bits per heavy atom. The maximum atomic E-state index is 11.3. The van der Waals surface area contributed by atoms with Crippen molar-refractivity contribution in [2.24, 2.45) is 0 Å². The van der Waals surface area contributed by atoms with Crippen LogP contribution in [0.15, 0.2) is 18.2 Å². The van der Waals surface area contributed by atoms with Gasteiger partial charge in [0.25, 0.3) is 0 Å². The zero-order valence-electron chi connectivity index (χ0n) is 12.7. The first-order valence-electron chi connectivity index (χ1n) is 7.51. The van der Waals surface area contributed by atoms with Gasteiger partial charge in [-0.3, -0.25) is 10.1 Å². The normalized spacial score (nSPS) is 16.7. The van der Waals surface area contributed by atoms with Gasteiger partial charge in [0, 0.05) is 12.6 Å². The van der Waals surface area contributed by atoms with Gasteiger partial charge in [-0.25, -0.2) is 0 Å². The van der Waals surface area contributed by atoms with Crippen molar-refractivity contribution in [1.29, 1.82) is 0 Å². The van der Waals surface area contributed by atoms with E-state index in [9.17, 15) is 10.1 Å². The van der Waals surface area contributed by atoms with E-state index >= 15 is 0 Å². The van der Waals surface area contributed by atoms with Crippen molar-refractivity contribution in [3.63, 3.8) is 0 Å². The number of rotatable bonds is 7. The number of anilines is 1. The lowest BCUT2D eigenvalue weighted by atomic mass is 10.2. The Hall–Kier alpha value is -1.82. The van der Waals surface area contributed by atoms with E-state index in [1.54, 1.807) is 18.2 Å². The molecule has 116 valence electrons. The van der Waals surface area contributed by atoms with Crippen LogP contribution in [0.25, 0.3) is 0 Å². The third kappa shape index (κ3) is 4.07. The smallest absolute Gasteiger partial charge is 0.333 e. The van der Waals surface area contributed by atoms with Crippen LogP contribution in [0.2, 0.25) is 0 Å². The van der Waals surface area contributed by atoms with Gasteiger partial charge in [0.05, 0.1) is 11.5 Å². The van der Waals surface area contributed by atoms with Crippen LogP contribution in [-0.2, 0) is 0 Å². The number of nitrogens with zero attached hydrogens (tertiary/aromatic N) is 2. The summed E-state index contributed by atoms with van der Waals surface area (Å²) in [5, 5.41) is 14.6. The van der Waals surface area contributed by atoms with Crippen molar-refractivity contribution in [2.75, 3.05) is 31.6 Å². The number of hydrogen-bond acceptors (Lipinski definition) is 5. The fraction of sp³-hybridized carbons (Fsp3) is 0.600. The molecule has 1 heterocycles. The molecule has 1 aromatic rings. The van der Waals surface area contributed by atoms with E-state index in [2.05, 4.69) is 17.1 Å². The SMILES string of the molecule is CCOc1cccc(NC(C)CN2CCCC2)c1[N+](=O)[O-]. The number of benzene rings is 1. The first-order chi connectivity index (χ1) is 10.1. The number of nitrogens with one attached hydrogen (secondary N) is 1. The third-order valence-electron chi connectivity index (χ3n) is 3.61. The van der Waals surface area contributed by atoms with Crippen LogP contribution < -0.4 is 10.1 Å². The van der Waals surface area contributed by atoms with E-state index in [1.807, 2.05) is 6.92 Å². The molecule has 0 radical (unpaired) electrons. The zero-order valence-corrected chi connectivity index (χ0v) is 12.7.